The van der Waals surface area contributed by atoms with Crippen molar-refractivity contribution in [2.75, 3.05) is 13.2 Å². The van der Waals surface area contributed by atoms with Crippen molar-refractivity contribution in [3.8, 4) is 0 Å². The van der Waals surface area contributed by atoms with E-state index in [0.717, 1.165) is 5.56 Å². The zero-order chi connectivity index (χ0) is 13.4. The predicted octanol–water partition coefficient (Wildman–Crippen LogP) is 2.93. The van der Waals surface area contributed by atoms with E-state index >= 15 is 0 Å². The average molecular weight is 248 g/mol. The molecule has 1 saturated heterocycles. The van der Waals surface area contributed by atoms with Gasteiger partial charge in [0.05, 0.1) is 12.2 Å². The Morgan fingerprint density at radius 1 is 1.39 bits per heavy atom. The fraction of sp³-hybridized carbons (Fsp3) is 0.533. The lowest BCUT2D eigenvalue weighted by Crippen LogP contribution is -2.22. The molecule has 98 valence electrons. The van der Waals surface area contributed by atoms with Crippen LogP contribution in [0.2, 0.25) is 0 Å². The summed E-state index contributed by atoms with van der Waals surface area (Å²) >= 11 is 0. The highest BCUT2D eigenvalue weighted by molar-refractivity contribution is 5.91. The Morgan fingerprint density at radius 2 is 2.00 bits per heavy atom. The van der Waals surface area contributed by atoms with Gasteiger partial charge in [0.15, 0.2) is 0 Å². The second-order valence-electron chi connectivity index (χ2n) is 6.11. The van der Waals surface area contributed by atoms with Crippen LogP contribution in [0.25, 0.3) is 0 Å². The molecule has 0 N–H and O–H groups in total. The molecule has 1 aliphatic heterocycles. The van der Waals surface area contributed by atoms with Crippen LogP contribution in [0.1, 0.15) is 43.6 Å². The number of hydrogen-bond acceptors (Lipinski definition) is 3. The van der Waals surface area contributed by atoms with Crippen LogP contribution in [0.5, 0.6) is 0 Å². The van der Waals surface area contributed by atoms with Gasteiger partial charge in [-0.3, -0.25) is 0 Å². The average Bonchev–Trinajstić information content (AvgIpc) is 3.04. The van der Waals surface area contributed by atoms with Gasteiger partial charge >= 0.3 is 5.97 Å². The third-order valence-corrected chi connectivity index (χ3v) is 3.10. The zero-order valence-corrected chi connectivity index (χ0v) is 11.4. The molecule has 0 aliphatic carbocycles. The first-order valence-electron chi connectivity index (χ1n) is 6.22. The Hall–Kier alpha value is -1.35. The summed E-state index contributed by atoms with van der Waals surface area (Å²) in [5.41, 5.74) is 1.33. The Labute approximate surface area is 108 Å². The van der Waals surface area contributed by atoms with Gasteiger partial charge in [-0.1, -0.05) is 39.0 Å². The molecule has 1 aliphatic rings. The highest BCUT2D eigenvalue weighted by Gasteiger charge is 2.41. The molecule has 1 aromatic carbocycles. The van der Waals surface area contributed by atoms with Crippen LogP contribution < -0.4 is 0 Å². The Bertz CT molecular complexity index is 453. The quantitative estimate of drug-likeness (QED) is 0.610. The summed E-state index contributed by atoms with van der Waals surface area (Å²) in [6.45, 7) is 9.20. The number of hydrogen-bond donors (Lipinski definition) is 0. The molecule has 1 fully saturated rings. The van der Waals surface area contributed by atoms with Gasteiger partial charge in [-0.2, -0.15) is 0 Å². The topological polar surface area (TPSA) is 38.8 Å². The van der Waals surface area contributed by atoms with Crippen molar-refractivity contribution in [1.82, 2.24) is 0 Å². The maximum Gasteiger partial charge on any atom is 0.338 e. The minimum absolute atomic E-state index is 0.0738. The van der Waals surface area contributed by atoms with Gasteiger partial charge in [0.2, 0.25) is 0 Å². The molecule has 1 atom stereocenters. The second kappa shape index (κ2) is 4.39. The highest BCUT2D eigenvalue weighted by Crippen LogP contribution is 2.28. The van der Waals surface area contributed by atoms with Crippen LogP contribution in [-0.4, -0.2) is 24.8 Å². The molecule has 0 bridgehead atoms. The first-order valence-corrected chi connectivity index (χ1v) is 6.22. The summed E-state index contributed by atoms with van der Waals surface area (Å²) in [7, 11) is 0. The number of carbonyl (C=O) groups excluding carboxylic acids is 1. The maximum absolute atomic E-state index is 12.1. The predicted molar refractivity (Wildman–Crippen MR) is 69.8 cm³/mol. The van der Waals surface area contributed by atoms with Crippen molar-refractivity contribution in [2.45, 2.75) is 38.7 Å². The first-order chi connectivity index (χ1) is 8.32. The molecule has 1 unspecified atom stereocenters. The number of ether oxygens (including phenoxy) is 2. The smallest absolute Gasteiger partial charge is 0.338 e. The van der Waals surface area contributed by atoms with Crippen molar-refractivity contribution >= 4 is 5.97 Å². The Morgan fingerprint density at radius 3 is 2.56 bits per heavy atom. The fourth-order valence-corrected chi connectivity index (χ4v) is 1.82. The van der Waals surface area contributed by atoms with E-state index < -0.39 is 0 Å². The Kier molecular flexibility index (Phi) is 3.20. The molecule has 1 heterocycles. The van der Waals surface area contributed by atoms with Crippen molar-refractivity contribution in [3.05, 3.63) is 35.4 Å². The van der Waals surface area contributed by atoms with Gasteiger partial charge in [0.25, 0.3) is 0 Å². The molecular weight excluding hydrogens is 228 g/mol. The zero-order valence-electron chi connectivity index (χ0n) is 11.4. The molecule has 3 heteroatoms. The summed E-state index contributed by atoms with van der Waals surface area (Å²) < 4.78 is 10.5. The summed E-state index contributed by atoms with van der Waals surface area (Å²) in [6, 6.07) is 7.61. The molecule has 0 radical (unpaired) electrons. The van der Waals surface area contributed by atoms with Crippen molar-refractivity contribution in [2.24, 2.45) is 0 Å². The molecule has 0 spiro atoms. The largest absolute Gasteiger partial charge is 0.459 e. The van der Waals surface area contributed by atoms with E-state index in [0.29, 0.717) is 18.8 Å². The van der Waals surface area contributed by atoms with E-state index in [1.54, 1.807) is 0 Å². The Balaban J connectivity index is 2.14. The van der Waals surface area contributed by atoms with Crippen molar-refractivity contribution < 1.29 is 14.3 Å². The summed E-state index contributed by atoms with van der Waals surface area (Å²) in [5.74, 6) is -0.266. The lowest BCUT2D eigenvalue weighted by atomic mass is 9.84. The minimum atomic E-state index is -0.266. The van der Waals surface area contributed by atoms with Gasteiger partial charge < -0.3 is 9.47 Å². The maximum atomic E-state index is 12.1. The highest BCUT2D eigenvalue weighted by atomic mass is 16.6. The van der Waals surface area contributed by atoms with Gasteiger partial charge in [-0.25, -0.2) is 4.79 Å². The second-order valence-corrected chi connectivity index (χ2v) is 6.11. The normalized spacial score (nSPS) is 22.7. The monoisotopic (exact) mass is 248 g/mol. The molecule has 0 amide bonds. The standard InChI is InChI=1S/C15H20O3/c1-14(2,3)12-8-6-5-7-11(12)13(16)17-9-15(4)10-18-15/h5-8H,9-10H2,1-4H3. The van der Waals surface area contributed by atoms with Crippen molar-refractivity contribution in [3.63, 3.8) is 0 Å². The first kappa shape index (κ1) is 13.1. The molecule has 18 heavy (non-hydrogen) atoms. The number of epoxide rings is 1. The van der Waals surface area contributed by atoms with E-state index in [2.05, 4.69) is 20.8 Å². The van der Waals surface area contributed by atoms with Crippen LogP contribution in [0, 0.1) is 0 Å². The summed E-state index contributed by atoms with van der Waals surface area (Å²) in [6.07, 6.45) is 0. The fourth-order valence-electron chi connectivity index (χ4n) is 1.82. The van der Waals surface area contributed by atoms with Crippen LogP contribution in [0.3, 0.4) is 0 Å². The molecule has 0 aromatic heterocycles. The number of benzene rings is 1. The van der Waals surface area contributed by atoms with Gasteiger partial charge in [0, 0.05) is 0 Å². The van der Waals surface area contributed by atoms with Gasteiger partial charge in [-0.15, -0.1) is 0 Å². The molecule has 2 rings (SSSR count). The molecule has 3 nitrogen and oxygen atoms in total. The number of rotatable bonds is 3. The van der Waals surface area contributed by atoms with Crippen LogP contribution >= 0.6 is 0 Å². The van der Waals surface area contributed by atoms with E-state index in [9.17, 15) is 4.79 Å². The number of carbonyl (C=O) groups is 1. The van der Waals surface area contributed by atoms with E-state index in [1.165, 1.54) is 0 Å². The van der Waals surface area contributed by atoms with E-state index in [-0.39, 0.29) is 17.0 Å². The van der Waals surface area contributed by atoms with Crippen molar-refractivity contribution in [1.29, 1.82) is 0 Å². The lowest BCUT2D eigenvalue weighted by Gasteiger charge is -2.22. The van der Waals surface area contributed by atoms with Crippen LogP contribution in [0.4, 0.5) is 0 Å². The van der Waals surface area contributed by atoms with E-state index in [1.807, 2.05) is 31.2 Å². The molecule has 0 saturated carbocycles. The van der Waals surface area contributed by atoms with Gasteiger partial charge in [-0.05, 0) is 24.0 Å². The lowest BCUT2D eigenvalue weighted by molar-refractivity contribution is 0.0408. The van der Waals surface area contributed by atoms with Crippen LogP contribution in [0.15, 0.2) is 24.3 Å². The summed E-state index contributed by atoms with van der Waals surface area (Å²) in [5, 5.41) is 0. The minimum Gasteiger partial charge on any atom is -0.459 e. The van der Waals surface area contributed by atoms with E-state index in [4.69, 9.17) is 9.47 Å². The molecule has 1 aromatic rings. The third-order valence-electron chi connectivity index (χ3n) is 3.10. The number of esters is 1. The molecular formula is C15H20O3. The SMILES string of the molecule is CC1(COC(=O)c2ccccc2C(C)(C)C)CO1. The summed E-state index contributed by atoms with van der Waals surface area (Å²) in [4.78, 5) is 12.1. The van der Waals surface area contributed by atoms with Crippen LogP contribution in [-0.2, 0) is 14.9 Å². The van der Waals surface area contributed by atoms with Gasteiger partial charge in [0.1, 0.15) is 12.2 Å². The third kappa shape index (κ3) is 2.91.